The van der Waals surface area contributed by atoms with Crippen LogP contribution in [-0.4, -0.2) is 93.9 Å². The van der Waals surface area contributed by atoms with Crippen LogP contribution >= 0.6 is 0 Å². The molecule has 15 heteroatoms. The summed E-state index contributed by atoms with van der Waals surface area (Å²) < 4.78 is 35.9. The maximum Gasteiger partial charge on any atom is 0.268 e. The second kappa shape index (κ2) is 20.0. The number of carbonyl (C=O) groups is 2. The highest BCUT2D eigenvalue weighted by Gasteiger charge is 2.58. The van der Waals surface area contributed by atoms with Crippen molar-refractivity contribution in [3.8, 4) is 11.5 Å². The molecule has 4 aliphatic rings. The third-order valence-electron chi connectivity index (χ3n) is 13.9. The van der Waals surface area contributed by atoms with E-state index >= 15 is 0 Å². The molecule has 2 bridgehead atoms. The van der Waals surface area contributed by atoms with Gasteiger partial charge in [-0.25, -0.2) is 18.3 Å². The Bertz CT molecular complexity index is 2330. The average Bonchev–Trinajstić information content (AvgIpc) is 3.27. The molecule has 3 aliphatic carbocycles. The van der Waals surface area contributed by atoms with E-state index in [-0.39, 0.29) is 52.2 Å². The maximum absolute atomic E-state index is 14.3. The number of hydrogen-bond acceptors (Lipinski definition) is 11. The first-order valence-corrected chi connectivity index (χ1v) is 24.1. The van der Waals surface area contributed by atoms with E-state index in [0.717, 1.165) is 43.6 Å². The van der Waals surface area contributed by atoms with Gasteiger partial charge >= 0.3 is 0 Å². The predicted molar refractivity (Wildman–Crippen MR) is 250 cm³/mol. The number of nitrogens with one attached hydrogen (secondary N) is 3. The summed E-state index contributed by atoms with van der Waals surface area (Å²) in [6, 6.07) is 28.2. The Morgan fingerprint density at radius 2 is 1.64 bits per heavy atom. The lowest BCUT2D eigenvalue weighted by atomic mass is 9.44. The second-order valence-corrected chi connectivity index (χ2v) is 20.1. The highest BCUT2D eigenvalue weighted by atomic mass is 32.2. The third kappa shape index (κ3) is 10.7. The van der Waals surface area contributed by atoms with Gasteiger partial charge in [0.15, 0.2) is 5.69 Å². The first-order valence-electron chi connectivity index (χ1n) is 22.6. The minimum absolute atomic E-state index is 0.00614. The van der Waals surface area contributed by atoms with Crippen molar-refractivity contribution in [3.63, 3.8) is 0 Å². The van der Waals surface area contributed by atoms with E-state index in [9.17, 15) is 28.4 Å². The summed E-state index contributed by atoms with van der Waals surface area (Å²) in [5.41, 5.74) is 2.22. The summed E-state index contributed by atoms with van der Waals surface area (Å²) in [5.74, 6) is 1.53. The minimum Gasteiger partial charge on any atom is -0.593 e. The SMILES string of the molecule is C[C@@H]1[C@@H](N(C(=O)CCc2ccccc2)C2CCN(c3ccc(C(=O)NS(=O)(=O)c4ccc(NCCCNCCO)c([N+](C)([O-])O)c4)c(Oc4ccccc4)c3)CC2)C[C@H]2C[C@@H]1C2(C)C. The summed E-state index contributed by atoms with van der Waals surface area (Å²) in [6.07, 6.45) is 5.64. The quantitative estimate of drug-likeness (QED) is 0.0362. The number of anilines is 2. The predicted octanol–water partition coefficient (Wildman–Crippen LogP) is 7.31. The van der Waals surface area contributed by atoms with Crippen LogP contribution < -0.4 is 29.8 Å². The van der Waals surface area contributed by atoms with Crippen LogP contribution in [0, 0.1) is 28.4 Å². The van der Waals surface area contributed by atoms with Crippen LogP contribution in [0.1, 0.15) is 75.2 Å². The van der Waals surface area contributed by atoms with Gasteiger partial charge in [-0.05, 0) is 110 Å². The number of quaternary nitrogens is 1. The van der Waals surface area contributed by atoms with Gasteiger partial charge in [-0.15, -0.1) is 0 Å². The first-order chi connectivity index (χ1) is 30.6. The fourth-order valence-corrected chi connectivity index (χ4v) is 11.2. The van der Waals surface area contributed by atoms with E-state index in [1.165, 1.54) is 18.6 Å². The van der Waals surface area contributed by atoms with Gasteiger partial charge < -0.3 is 35.5 Å². The third-order valence-corrected chi connectivity index (χ3v) is 15.2. The van der Waals surface area contributed by atoms with Gasteiger partial charge in [0.05, 0.1) is 22.8 Å². The Morgan fingerprint density at radius 1 is 0.938 bits per heavy atom. The number of carbonyl (C=O) groups excluding carboxylic acids is 2. The number of piperidine rings is 1. The number of para-hydroxylation sites is 1. The van der Waals surface area contributed by atoms with Gasteiger partial charge in [-0.1, -0.05) is 69.3 Å². The van der Waals surface area contributed by atoms with Crippen LogP contribution in [0.25, 0.3) is 0 Å². The van der Waals surface area contributed by atoms with E-state index in [4.69, 9.17) is 9.84 Å². The Balaban J connectivity index is 1.08. The maximum atomic E-state index is 14.3. The van der Waals surface area contributed by atoms with Crippen molar-refractivity contribution in [2.45, 2.75) is 82.7 Å². The lowest BCUT2D eigenvalue weighted by molar-refractivity contribution is -0.164. The molecule has 1 unspecified atom stereocenters. The van der Waals surface area contributed by atoms with E-state index in [2.05, 4.69) is 58.1 Å². The summed E-state index contributed by atoms with van der Waals surface area (Å²) in [4.78, 5) is 30.5. The number of aryl methyl sites for hydroxylation is 1. The van der Waals surface area contributed by atoms with Gasteiger partial charge in [0.2, 0.25) is 5.91 Å². The molecule has 1 saturated heterocycles. The Kier molecular flexibility index (Phi) is 14.7. The molecule has 14 nitrogen and oxygen atoms in total. The van der Waals surface area contributed by atoms with Gasteiger partial charge in [0.25, 0.3) is 15.9 Å². The number of nitrogens with zero attached hydrogens (tertiary/aromatic N) is 3. The van der Waals surface area contributed by atoms with Crippen LogP contribution in [0.3, 0.4) is 0 Å². The molecule has 4 aromatic rings. The molecule has 5 atom stereocenters. The number of hydroxylamine groups is 2. The van der Waals surface area contributed by atoms with Crippen molar-refractivity contribution in [2.24, 2.45) is 23.2 Å². The summed E-state index contributed by atoms with van der Waals surface area (Å²) in [5, 5.41) is 38.2. The van der Waals surface area contributed by atoms with Crippen LogP contribution in [0.5, 0.6) is 11.5 Å². The molecular weight excluding hydrogens is 833 g/mol. The Morgan fingerprint density at radius 3 is 2.30 bits per heavy atom. The Hall–Kier alpha value is -5.03. The lowest BCUT2D eigenvalue weighted by Gasteiger charge is -2.64. The molecule has 2 amide bonds. The molecule has 1 heterocycles. The molecule has 64 heavy (non-hydrogen) atoms. The number of ether oxygens (including phenoxy) is 1. The van der Waals surface area contributed by atoms with Gasteiger partial charge in [-0.2, -0.15) is 4.81 Å². The zero-order valence-corrected chi connectivity index (χ0v) is 38.2. The number of sulfonamides is 1. The molecule has 5 N–H and O–H groups in total. The van der Waals surface area contributed by atoms with Gasteiger partial charge in [0.1, 0.15) is 18.5 Å². The number of aliphatic hydroxyl groups excluding tert-OH is 1. The highest BCUT2D eigenvalue weighted by Crippen LogP contribution is 2.62. The number of rotatable bonds is 19. The van der Waals surface area contributed by atoms with E-state index in [0.29, 0.717) is 80.9 Å². The molecule has 4 aromatic carbocycles. The average molecular weight is 897 g/mol. The van der Waals surface area contributed by atoms with Crippen LogP contribution in [0.15, 0.2) is 102 Å². The monoisotopic (exact) mass is 896 g/mol. The molecule has 0 radical (unpaired) electrons. The Labute approximate surface area is 377 Å². The van der Waals surface area contributed by atoms with Crippen LogP contribution in [0.2, 0.25) is 0 Å². The molecule has 4 fully saturated rings. The number of fused-ring (bicyclic) bond motifs is 2. The van der Waals surface area contributed by atoms with E-state index in [1.54, 1.807) is 42.5 Å². The molecule has 0 aromatic heterocycles. The fourth-order valence-electron chi connectivity index (χ4n) is 10.2. The standard InChI is InChI=1S/C49H64N6O8S/c1-34-42-30-36(49(42,2)3)31-44(34)54(47(57)21-16-35-12-7-5-8-13-35)37-22-27-53(28-23-37)38-17-19-41(46(32-38)63-39-14-9-6-10-15-39)48(58)52-64(61,62)40-18-20-43(45(33-40)55(4,59)60)51-25-11-24-50-26-29-56/h5-10,12-15,17-20,32-34,36-37,42,44,50-51,56,59H,11,16,21-31H2,1-4H3,(H,52,58)/t34-,36+,42-,44-/m0/s1. The zero-order valence-electron chi connectivity index (χ0n) is 37.4. The molecule has 0 spiro atoms. The fraction of sp³-hybridized carbons (Fsp3) is 0.469. The molecule has 1 aliphatic heterocycles. The molecule has 3 saturated carbocycles. The van der Waals surface area contributed by atoms with Gasteiger partial charge in [0, 0.05) is 62.5 Å². The smallest absolute Gasteiger partial charge is 0.268 e. The normalized spacial score (nSPS) is 21.6. The van der Waals surface area contributed by atoms with Gasteiger partial charge in [-0.3, -0.25) is 9.59 Å². The molecule has 344 valence electrons. The first kappa shape index (κ1) is 46.9. The van der Waals surface area contributed by atoms with Crippen LogP contribution in [0.4, 0.5) is 17.1 Å². The lowest BCUT2D eigenvalue weighted by Crippen LogP contribution is -2.64. The van der Waals surface area contributed by atoms with E-state index in [1.807, 2.05) is 24.3 Å². The largest absolute Gasteiger partial charge is 0.593 e. The topological polar surface area (TPSA) is 184 Å². The minimum atomic E-state index is -4.54. The number of aliphatic hydroxyl groups is 1. The summed E-state index contributed by atoms with van der Waals surface area (Å²) in [6.45, 7) is 9.92. The summed E-state index contributed by atoms with van der Waals surface area (Å²) in [7, 11) is -3.59. The summed E-state index contributed by atoms with van der Waals surface area (Å²) >= 11 is 0. The number of hydrogen-bond donors (Lipinski definition) is 5. The van der Waals surface area contributed by atoms with Crippen molar-refractivity contribution in [1.29, 1.82) is 0 Å². The van der Waals surface area contributed by atoms with Crippen molar-refractivity contribution in [2.75, 3.05) is 56.6 Å². The second-order valence-electron chi connectivity index (χ2n) is 18.4. The van der Waals surface area contributed by atoms with Crippen molar-refractivity contribution < 1.29 is 33.1 Å². The molecule has 8 rings (SSSR count). The molecular formula is C49H64N6O8S. The highest BCUT2D eigenvalue weighted by molar-refractivity contribution is 7.90. The van der Waals surface area contributed by atoms with Crippen molar-refractivity contribution in [1.82, 2.24) is 19.7 Å². The van der Waals surface area contributed by atoms with Crippen LogP contribution in [-0.2, 0) is 21.2 Å². The number of benzene rings is 4. The number of amides is 2. The zero-order chi connectivity index (χ0) is 45.6. The van der Waals surface area contributed by atoms with Crippen molar-refractivity contribution >= 4 is 38.9 Å². The van der Waals surface area contributed by atoms with E-state index < -0.39 is 20.7 Å². The van der Waals surface area contributed by atoms with Crippen molar-refractivity contribution in [3.05, 3.63) is 113 Å².